The van der Waals surface area contributed by atoms with Crippen LogP contribution in [0.1, 0.15) is 89.8 Å². The van der Waals surface area contributed by atoms with E-state index in [2.05, 4.69) is 84.2 Å². The molecule has 0 heterocycles. The molecule has 1 aliphatic rings. The van der Waals surface area contributed by atoms with Crippen molar-refractivity contribution in [1.82, 2.24) is 0 Å². The second-order valence-corrected chi connectivity index (χ2v) is 17.0. The molecule has 0 spiro atoms. The quantitative estimate of drug-likeness (QED) is 0.145. The maximum absolute atomic E-state index is 5.79. The number of hydrogen-bond donors (Lipinski definition) is 0. The first kappa shape index (κ1) is 26.7. The van der Waals surface area contributed by atoms with E-state index in [0.29, 0.717) is 6.04 Å². The van der Waals surface area contributed by atoms with Gasteiger partial charge in [0.2, 0.25) is 0 Å². The Bertz CT molecular complexity index is 699. The zero-order valence-corrected chi connectivity index (χ0v) is 22.6. The van der Waals surface area contributed by atoms with Gasteiger partial charge in [0.25, 0.3) is 0 Å². The van der Waals surface area contributed by atoms with E-state index in [-0.39, 0.29) is 3.42 Å². The van der Waals surface area contributed by atoms with E-state index < -0.39 is 17.6 Å². The van der Waals surface area contributed by atoms with Gasteiger partial charge >= 0.3 is 66.0 Å². The summed E-state index contributed by atoms with van der Waals surface area (Å²) in [6, 6.07) is 7.05. The molecule has 0 radical (unpaired) electrons. The Hall–Kier alpha value is -0.320. The molecule has 29 heavy (non-hydrogen) atoms. The van der Waals surface area contributed by atoms with Crippen molar-refractivity contribution in [3.8, 4) is 0 Å². The Morgan fingerprint density at radius 3 is 2.31 bits per heavy atom. The Labute approximate surface area is 193 Å². The predicted molar refractivity (Wildman–Crippen MR) is 144 cm³/mol. The summed E-state index contributed by atoms with van der Waals surface area (Å²) in [6.07, 6.45) is 16.2. The summed E-state index contributed by atoms with van der Waals surface area (Å²) in [6.45, 7) is 12.7. The summed E-state index contributed by atoms with van der Waals surface area (Å²) >= 11 is -1.59. The molecule has 0 aromatic heterocycles. The van der Waals surface area contributed by atoms with E-state index >= 15 is 0 Å². The number of rotatable bonds is 6. The molecule has 0 atom stereocenters. The summed E-state index contributed by atoms with van der Waals surface area (Å²) in [5, 5.41) is 0. The average Bonchev–Trinajstić information content (AvgIpc) is 2.72. The van der Waals surface area contributed by atoms with E-state index in [0.717, 1.165) is 6.42 Å². The fourth-order valence-electron chi connectivity index (χ4n) is 3.14. The van der Waals surface area contributed by atoms with Crippen LogP contribution < -0.4 is 0 Å². The number of halogens is 3. The van der Waals surface area contributed by atoms with Crippen LogP contribution >= 0.6 is 35.4 Å². The zero-order chi connectivity index (χ0) is 21.9. The number of allylic oxidation sites excluding steroid dienone is 4. The molecule has 1 fully saturated rings. The SMILES string of the molecule is C/C=C\C(=C/C)c1cccc(C=NC2CCCCC2)c1C.CCC(C)(C)I(Cl)Cl. The molecule has 0 aliphatic heterocycles. The van der Waals surface area contributed by atoms with Crippen LogP contribution in [-0.4, -0.2) is 15.7 Å². The average molecular weight is 550 g/mol. The topological polar surface area (TPSA) is 12.4 Å². The predicted octanol–water partition coefficient (Wildman–Crippen LogP) is 9.72. The minimum atomic E-state index is -1.59. The number of nitrogens with zero attached hydrogens (tertiary/aromatic N) is 1. The normalized spacial score (nSPS) is 16.8. The molecule has 1 aliphatic carbocycles. The van der Waals surface area contributed by atoms with Gasteiger partial charge in [-0.1, -0.05) is 55.7 Å². The van der Waals surface area contributed by atoms with Gasteiger partial charge in [-0.2, -0.15) is 0 Å². The van der Waals surface area contributed by atoms with Crippen LogP contribution in [0.25, 0.3) is 5.57 Å². The fraction of sp³-hybridized carbons (Fsp3) is 0.560. The van der Waals surface area contributed by atoms with Crippen molar-refractivity contribution in [2.24, 2.45) is 4.99 Å². The molecule has 0 saturated heterocycles. The van der Waals surface area contributed by atoms with E-state index in [4.69, 9.17) is 22.8 Å². The standard InChI is InChI=1S/C20H27N.C5H11Cl2I/c1-4-10-17(5-2)20-14-9-11-18(16(20)3)15-21-19-12-7-6-8-13-19;1-4-5(2,3)8(6)7/h4-5,9-11,14-15,19H,6-8,12-13H2,1-3H3;4H2,1-3H3/b10-4-,17-5+,21-15?;. The molecule has 0 amide bonds. The Balaban J connectivity index is 0.000000447. The van der Waals surface area contributed by atoms with Gasteiger partial charge in [-0.05, 0) is 55.9 Å². The second-order valence-electron chi connectivity index (χ2n) is 8.10. The number of hydrogen-bond acceptors (Lipinski definition) is 1. The van der Waals surface area contributed by atoms with Crippen LogP contribution in [0.2, 0.25) is 0 Å². The number of aliphatic imine (C=N–C) groups is 1. The summed E-state index contributed by atoms with van der Waals surface area (Å²) < 4.78 is 0.229. The van der Waals surface area contributed by atoms with Gasteiger partial charge in [-0.25, -0.2) is 0 Å². The van der Waals surface area contributed by atoms with Crippen molar-refractivity contribution < 1.29 is 0 Å². The van der Waals surface area contributed by atoms with Crippen LogP contribution in [-0.2, 0) is 0 Å². The molecular weight excluding hydrogens is 512 g/mol. The minimum absolute atomic E-state index is 0.229. The van der Waals surface area contributed by atoms with Crippen molar-refractivity contribution in [2.45, 2.75) is 89.5 Å². The molecule has 2 rings (SSSR count). The summed E-state index contributed by atoms with van der Waals surface area (Å²) in [7, 11) is 11.6. The fourth-order valence-corrected chi connectivity index (χ4v) is 5.08. The van der Waals surface area contributed by atoms with Crippen LogP contribution in [0.4, 0.5) is 0 Å². The van der Waals surface area contributed by atoms with Gasteiger partial charge in [-0.3, -0.25) is 4.99 Å². The van der Waals surface area contributed by atoms with Gasteiger partial charge in [0.15, 0.2) is 0 Å². The molecule has 4 heteroatoms. The van der Waals surface area contributed by atoms with Crippen molar-refractivity contribution in [3.63, 3.8) is 0 Å². The van der Waals surface area contributed by atoms with E-state index in [9.17, 15) is 0 Å². The molecule has 1 aromatic carbocycles. The second kappa shape index (κ2) is 13.9. The van der Waals surface area contributed by atoms with E-state index in [1.54, 1.807) is 0 Å². The van der Waals surface area contributed by atoms with E-state index in [1.165, 1.54) is 54.4 Å². The molecule has 1 aromatic rings. The van der Waals surface area contributed by atoms with Crippen molar-refractivity contribution >= 4 is 47.2 Å². The molecule has 164 valence electrons. The van der Waals surface area contributed by atoms with Crippen molar-refractivity contribution in [1.29, 1.82) is 0 Å². The molecular formula is C25H38Cl2IN. The summed E-state index contributed by atoms with van der Waals surface area (Å²) in [5.41, 5.74) is 5.16. The first-order chi connectivity index (χ1) is 13.8. The molecule has 0 N–H and O–H groups in total. The van der Waals surface area contributed by atoms with Crippen molar-refractivity contribution in [2.75, 3.05) is 0 Å². The van der Waals surface area contributed by atoms with Gasteiger partial charge in [0.1, 0.15) is 0 Å². The molecule has 0 unspecified atom stereocenters. The van der Waals surface area contributed by atoms with Gasteiger partial charge < -0.3 is 0 Å². The monoisotopic (exact) mass is 549 g/mol. The van der Waals surface area contributed by atoms with Gasteiger partial charge in [0.05, 0.1) is 0 Å². The third-order valence-electron chi connectivity index (χ3n) is 5.57. The van der Waals surface area contributed by atoms with Crippen molar-refractivity contribution in [3.05, 3.63) is 53.1 Å². The van der Waals surface area contributed by atoms with Crippen LogP contribution in [0.15, 0.2) is 41.4 Å². The molecule has 1 saturated carbocycles. The first-order valence-electron chi connectivity index (χ1n) is 10.7. The van der Waals surface area contributed by atoms with Gasteiger partial charge in [0, 0.05) is 12.3 Å². The van der Waals surface area contributed by atoms with Gasteiger partial charge in [-0.15, -0.1) is 0 Å². The zero-order valence-electron chi connectivity index (χ0n) is 18.9. The Morgan fingerprint density at radius 2 is 1.83 bits per heavy atom. The number of benzene rings is 1. The van der Waals surface area contributed by atoms with Crippen LogP contribution in [0.3, 0.4) is 0 Å². The number of alkyl halides is 1. The van der Waals surface area contributed by atoms with E-state index in [1.807, 2.05) is 0 Å². The molecule has 0 bridgehead atoms. The Morgan fingerprint density at radius 1 is 1.17 bits per heavy atom. The maximum atomic E-state index is 5.79. The summed E-state index contributed by atoms with van der Waals surface area (Å²) in [4.78, 5) is 4.82. The molecule has 1 nitrogen and oxygen atoms in total. The Kier molecular flexibility index (Phi) is 12.8. The van der Waals surface area contributed by atoms with Crippen LogP contribution in [0.5, 0.6) is 0 Å². The third kappa shape index (κ3) is 9.14. The summed E-state index contributed by atoms with van der Waals surface area (Å²) in [5.74, 6) is 0. The van der Waals surface area contributed by atoms with Crippen LogP contribution in [0, 0.1) is 6.92 Å². The first-order valence-corrected chi connectivity index (χ1v) is 17.3. The third-order valence-corrected chi connectivity index (χ3v) is 13.7.